The van der Waals surface area contributed by atoms with Gasteiger partial charge < -0.3 is 5.32 Å². The molecule has 0 spiro atoms. The summed E-state index contributed by atoms with van der Waals surface area (Å²) in [6.07, 6.45) is 6.08. The molecule has 3 heteroatoms. The first-order valence-corrected chi connectivity index (χ1v) is 8.55. The quantitative estimate of drug-likeness (QED) is 0.613. The van der Waals surface area contributed by atoms with Gasteiger partial charge in [0.05, 0.1) is 10.0 Å². The van der Waals surface area contributed by atoms with E-state index in [4.69, 9.17) is 23.2 Å². The van der Waals surface area contributed by atoms with Crippen LogP contribution in [0.4, 0.5) is 0 Å². The molecule has 20 heavy (non-hydrogen) atoms. The van der Waals surface area contributed by atoms with Crippen molar-refractivity contribution in [1.29, 1.82) is 0 Å². The van der Waals surface area contributed by atoms with Gasteiger partial charge in [0.25, 0.3) is 0 Å². The van der Waals surface area contributed by atoms with Gasteiger partial charge in [0.2, 0.25) is 0 Å². The summed E-state index contributed by atoms with van der Waals surface area (Å²) < 4.78 is 0. The summed E-state index contributed by atoms with van der Waals surface area (Å²) in [5.74, 6) is 0.736. The smallest absolute Gasteiger partial charge is 0.0595 e. The zero-order chi connectivity index (χ0) is 15.0. The van der Waals surface area contributed by atoms with Crippen LogP contribution in [0.15, 0.2) is 18.2 Å². The minimum Gasteiger partial charge on any atom is -0.314 e. The van der Waals surface area contributed by atoms with Crippen LogP contribution < -0.4 is 5.32 Å². The first kappa shape index (κ1) is 17.8. The van der Waals surface area contributed by atoms with Crippen molar-refractivity contribution in [2.45, 2.75) is 58.9 Å². The Morgan fingerprint density at radius 3 is 2.15 bits per heavy atom. The Hall–Kier alpha value is -0.240. The molecule has 114 valence electrons. The van der Waals surface area contributed by atoms with Crippen LogP contribution in [-0.2, 0) is 6.42 Å². The Labute approximate surface area is 134 Å². The molecule has 1 nitrogen and oxygen atoms in total. The van der Waals surface area contributed by atoms with Gasteiger partial charge in [-0.2, -0.15) is 0 Å². The largest absolute Gasteiger partial charge is 0.314 e. The van der Waals surface area contributed by atoms with Gasteiger partial charge >= 0.3 is 0 Å². The van der Waals surface area contributed by atoms with E-state index in [2.05, 4.69) is 32.2 Å². The van der Waals surface area contributed by atoms with Crippen LogP contribution in [0, 0.1) is 5.92 Å². The number of rotatable bonds is 9. The molecule has 1 atom stereocenters. The number of hydrogen-bond donors (Lipinski definition) is 1. The first-order chi connectivity index (χ1) is 9.62. The third-order valence-electron chi connectivity index (χ3n) is 3.79. The number of nitrogens with one attached hydrogen (secondary N) is 1. The second-order valence-corrected chi connectivity index (χ2v) is 6.27. The monoisotopic (exact) mass is 315 g/mol. The van der Waals surface area contributed by atoms with Gasteiger partial charge in [-0.25, -0.2) is 0 Å². The Bertz CT molecular complexity index is 387. The van der Waals surface area contributed by atoms with Gasteiger partial charge in [-0.3, -0.25) is 0 Å². The van der Waals surface area contributed by atoms with E-state index >= 15 is 0 Å². The van der Waals surface area contributed by atoms with E-state index in [1.807, 2.05) is 12.1 Å². The molecule has 0 aromatic heterocycles. The van der Waals surface area contributed by atoms with E-state index in [0.717, 1.165) is 18.9 Å². The lowest BCUT2D eigenvalue weighted by Gasteiger charge is -2.28. The molecule has 0 heterocycles. The van der Waals surface area contributed by atoms with Crippen molar-refractivity contribution >= 4 is 23.2 Å². The summed E-state index contributed by atoms with van der Waals surface area (Å²) >= 11 is 12.1. The van der Waals surface area contributed by atoms with Crippen molar-refractivity contribution in [2.75, 3.05) is 6.54 Å². The lowest BCUT2D eigenvalue weighted by molar-refractivity contribution is 0.312. The summed E-state index contributed by atoms with van der Waals surface area (Å²) in [5, 5.41) is 4.95. The number of likely N-dealkylation sites (N-methyl/N-ethyl adjacent to an activating group) is 1. The minimum absolute atomic E-state index is 0.525. The molecule has 0 saturated carbocycles. The standard InChI is InChI=1S/C17H27Cl2N/c1-4-7-14(8-5-2)17(20-6-3)12-13-9-10-15(18)16(19)11-13/h9-11,14,17,20H,4-8,12H2,1-3H3. The molecule has 0 radical (unpaired) electrons. The Morgan fingerprint density at radius 2 is 1.65 bits per heavy atom. The van der Waals surface area contributed by atoms with Crippen LogP contribution in [-0.4, -0.2) is 12.6 Å². The lowest BCUT2D eigenvalue weighted by atomic mass is 9.86. The fourth-order valence-corrected chi connectivity index (χ4v) is 3.20. The predicted molar refractivity (Wildman–Crippen MR) is 90.9 cm³/mol. The van der Waals surface area contributed by atoms with Crippen LogP contribution in [0.25, 0.3) is 0 Å². The van der Waals surface area contributed by atoms with E-state index in [1.165, 1.54) is 31.2 Å². The average Bonchev–Trinajstić information content (AvgIpc) is 2.42. The molecule has 0 aliphatic heterocycles. The van der Waals surface area contributed by atoms with Gasteiger partial charge in [0.1, 0.15) is 0 Å². The van der Waals surface area contributed by atoms with Gasteiger partial charge in [-0.1, -0.05) is 62.9 Å². The SMILES string of the molecule is CCCC(CCC)C(Cc1ccc(Cl)c(Cl)c1)NCC. The molecule has 0 saturated heterocycles. The topological polar surface area (TPSA) is 12.0 Å². The molecule has 0 fully saturated rings. The molecule has 0 aliphatic rings. The van der Waals surface area contributed by atoms with E-state index in [0.29, 0.717) is 16.1 Å². The maximum absolute atomic E-state index is 6.12. The number of hydrogen-bond acceptors (Lipinski definition) is 1. The number of halogens is 2. The molecule has 1 rings (SSSR count). The molecule has 1 unspecified atom stereocenters. The third-order valence-corrected chi connectivity index (χ3v) is 4.53. The highest BCUT2D eigenvalue weighted by molar-refractivity contribution is 6.42. The second-order valence-electron chi connectivity index (χ2n) is 5.45. The fourth-order valence-electron chi connectivity index (χ4n) is 2.88. The maximum Gasteiger partial charge on any atom is 0.0595 e. The summed E-state index contributed by atoms with van der Waals surface area (Å²) in [5.41, 5.74) is 1.27. The van der Waals surface area contributed by atoms with Crippen LogP contribution in [0.5, 0.6) is 0 Å². The Morgan fingerprint density at radius 1 is 1.00 bits per heavy atom. The predicted octanol–water partition coefficient (Wildman–Crippen LogP) is 5.73. The van der Waals surface area contributed by atoms with Gasteiger partial charge in [-0.05, 0) is 49.4 Å². The van der Waals surface area contributed by atoms with Crippen LogP contribution in [0.3, 0.4) is 0 Å². The van der Waals surface area contributed by atoms with E-state index in [-0.39, 0.29) is 0 Å². The van der Waals surface area contributed by atoms with Gasteiger partial charge in [-0.15, -0.1) is 0 Å². The summed E-state index contributed by atoms with van der Waals surface area (Å²) in [6.45, 7) is 7.72. The Balaban J connectivity index is 2.80. The van der Waals surface area contributed by atoms with E-state index in [1.54, 1.807) is 0 Å². The molecule has 1 aromatic rings. The second kappa shape index (κ2) is 9.65. The fraction of sp³-hybridized carbons (Fsp3) is 0.647. The van der Waals surface area contributed by atoms with E-state index < -0.39 is 0 Å². The van der Waals surface area contributed by atoms with Gasteiger partial charge in [0.15, 0.2) is 0 Å². The van der Waals surface area contributed by atoms with Crippen molar-refractivity contribution in [3.8, 4) is 0 Å². The minimum atomic E-state index is 0.525. The molecule has 0 bridgehead atoms. The molecular formula is C17H27Cl2N. The van der Waals surface area contributed by atoms with Crippen molar-refractivity contribution < 1.29 is 0 Å². The Kier molecular flexibility index (Phi) is 8.60. The summed E-state index contributed by atoms with van der Waals surface area (Å²) in [6, 6.07) is 6.52. The lowest BCUT2D eigenvalue weighted by Crippen LogP contribution is -2.38. The summed E-state index contributed by atoms with van der Waals surface area (Å²) in [4.78, 5) is 0. The third kappa shape index (κ3) is 5.63. The summed E-state index contributed by atoms with van der Waals surface area (Å²) in [7, 11) is 0. The van der Waals surface area contributed by atoms with Crippen LogP contribution >= 0.6 is 23.2 Å². The van der Waals surface area contributed by atoms with Crippen LogP contribution in [0.2, 0.25) is 10.0 Å². The van der Waals surface area contributed by atoms with Crippen molar-refractivity contribution in [3.05, 3.63) is 33.8 Å². The highest BCUT2D eigenvalue weighted by atomic mass is 35.5. The zero-order valence-electron chi connectivity index (χ0n) is 12.9. The highest BCUT2D eigenvalue weighted by Gasteiger charge is 2.19. The number of benzene rings is 1. The zero-order valence-corrected chi connectivity index (χ0v) is 14.4. The van der Waals surface area contributed by atoms with E-state index in [9.17, 15) is 0 Å². The molecule has 0 amide bonds. The van der Waals surface area contributed by atoms with Crippen molar-refractivity contribution in [3.63, 3.8) is 0 Å². The van der Waals surface area contributed by atoms with Crippen LogP contribution in [0.1, 0.15) is 52.0 Å². The van der Waals surface area contributed by atoms with Crippen molar-refractivity contribution in [2.24, 2.45) is 5.92 Å². The molecular weight excluding hydrogens is 289 g/mol. The molecule has 0 aliphatic carbocycles. The highest BCUT2D eigenvalue weighted by Crippen LogP contribution is 2.26. The van der Waals surface area contributed by atoms with Gasteiger partial charge in [0, 0.05) is 6.04 Å². The molecule has 1 N–H and O–H groups in total. The normalized spacial score (nSPS) is 12.9. The van der Waals surface area contributed by atoms with Crippen molar-refractivity contribution in [1.82, 2.24) is 5.32 Å². The molecule has 1 aromatic carbocycles. The first-order valence-electron chi connectivity index (χ1n) is 7.79. The average molecular weight is 316 g/mol. The maximum atomic E-state index is 6.12.